The third kappa shape index (κ3) is 2.69. The van der Waals surface area contributed by atoms with Crippen LogP contribution in [0.1, 0.15) is 15.2 Å². The van der Waals surface area contributed by atoms with Crippen molar-refractivity contribution in [3.05, 3.63) is 21.1 Å². The van der Waals surface area contributed by atoms with E-state index in [0.717, 1.165) is 16.0 Å². The van der Waals surface area contributed by atoms with Gasteiger partial charge in [0.15, 0.2) is 4.60 Å². The van der Waals surface area contributed by atoms with E-state index in [2.05, 4.69) is 31.0 Å². The SMILES string of the molecule is Cc1cc(NS(=O)(=O)c2c(Br)nnn2C)sc1C(=O)O. The minimum Gasteiger partial charge on any atom is -0.477 e. The zero-order valence-electron chi connectivity index (χ0n) is 10.3. The molecule has 0 radical (unpaired) electrons. The Kier molecular flexibility index (Phi) is 3.84. The van der Waals surface area contributed by atoms with Gasteiger partial charge in [-0.25, -0.2) is 9.48 Å². The van der Waals surface area contributed by atoms with Gasteiger partial charge in [-0.2, -0.15) is 8.42 Å². The van der Waals surface area contributed by atoms with E-state index >= 15 is 0 Å². The molecule has 2 aromatic rings. The molecule has 0 unspecified atom stereocenters. The highest BCUT2D eigenvalue weighted by Crippen LogP contribution is 2.29. The Labute approximate surface area is 126 Å². The highest BCUT2D eigenvalue weighted by Gasteiger charge is 2.25. The van der Waals surface area contributed by atoms with Gasteiger partial charge in [0.2, 0.25) is 5.03 Å². The largest absolute Gasteiger partial charge is 0.477 e. The third-order valence-corrected chi connectivity index (χ3v) is 5.86. The molecule has 0 amide bonds. The summed E-state index contributed by atoms with van der Waals surface area (Å²) in [6.07, 6.45) is 0. The molecule has 2 aromatic heterocycles. The van der Waals surface area contributed by atoms with Gasteiger partial charge in [0, 0.05) is 7.05 Å². The van der Waals surface area contributed by atoms with Gasteiger partial charge < -0.3 is 5.11 Å². The number of nitrogens with one attached hydrogen (secondary N) is 1. The maximum absolute atomic E-state index is 12.2. The molecule has 0 fully saturated rings. The Bertz CT molecular complexity index is 760. The van der Waals surface area contributed by atoms with Crippen molar-refractivity contribution < 1.29 is 18.3 Å². The van der Waals surface area contributed by atoms with E-state index in [4.69, 9.17) is 5.11 Å². The van der Waals surface area contributed by atoms with Crippen LogP contribution in [0.3, 0.4) is 0 Å². The summed E-state index contributed by atoms with van der Waals surface area (Å²) in [4.78, 5) is 11.0. The molecule has 0 aliphatic heterocycles. The molecule has 0 spiro atoms. The first-order valence-corrected chi connectivity index (χ1v) is 8.23. The van der Waals surface area contributed by atoms with Crippen molar-refractivity contribution in [3.8, 4) is 0 Å². The molecule has 0 atom stereocenters. The molecule has 0 aliphatic rings. The Morgan fingerprint density at radius 1 is 1.55 bits per heavy atom. The van der Waals surface area contributed by atoms with E-state index in [1.165, 1.54) is 13.1 Å². The van der Waals surface area contributed by atoms with Crippen LogP contribution in [0.15, 0.2) is 15.7 Å². The second-order valence-electron chi connectivity index (χ2n) is 3.84. The first-order chi connectivity index (χ1) is 9.22. The zero-order chi connectivity index (χ0) is 15.1. The number of anilines is 1. The van der Waals surface area contributed by atoms with Gasteiger partial charge in [0.1, 0.15) is 9.88 Å². The predicted molar refractivity (Wildman–Crippen MR) is 75.5 cm³/mol. The Balaban J connectivity index is 2.39. The minimum absolute atomic E-state index is 0.0826. The molecule has 2 N–H and O–H groups in total. The molecule has 0 saturated heterocycles. The maximum atomic E-state index is 12.2. The predicted octanol–water partition coefficient (Wildman–Crippen LogP) is 1.45. The van der Waals surface area contributed by atoms with E-state index in [1.54, 1.807) is 6.92 Å². The fraction of sp³-hybridized carbons (Fsp3) is 0.222. The number of rotatable bonds is 4. The third-order valence-electron chi connectivity index (χ3n) is 2.34. The summed E-state index contributed by atoms with van der Waals surface area (Å²) in [7, 11) is -2.46. The summed E-state index contributed by atoms with van der Waals surface area (Å²) in [5.74, 6) is -1.10. The van der Waals surface area contributed by atoms with Gasteiger partial charge in [-0.3, -0.25) is 4.72 Å². The quantitative estimate of drug-likeness (QED) is 0.829. The minimum atomic E-state index is -3.90. The number of carbonyl (C=O) groups is 1. The van der Waals surface area contributed by atoms with Gasteiger partial charge >= 0.3 is 5.97 Å². The number of aryl methyl sites for hydroxylation is 2. The zero-order valence-corrected chi connectivity index (χ0v) is 13.5. The van der Waals surface area contributed by atoms with E-state index in [1.807, 2.05) is 0 Å². The number of carboxylic acid groups (broad SMARTS) is 1. The highest BCUT2D eigenvalue weighted by atomic mass is 79.9. The van der Waals surface area contributed by atoms with E-state index in [-0.39, 0.29) is 19.5 Å². The number of hydrogen-bond donors (Lipinski definition) is 2. The molecule has 11 heteroatoms. The molecular formula is C9H9BrN4O4S2. The average molecular weight is 381 g/mol. The lowest BCUT2D eigenvalue weighted by Crippen LogP contribution is -2.16. The van der Waals surface area contributed by atoms with Crippen LogP contribution in [-0.2, 0) is 17.1 Å². The molecule has 2 heterocycles. The molecule has 0 aliphatic carbocycles. The van der Waals surface area contributed by atoms with Crippen LogP contribution in [0.2, 0.25) is 0 Å². The second-order valence-corrected chi connectivity index (χ2v) is 7.24. The lowest BCUT2D eigenvalue weighted by atomic mass is 10.3. The summed E-state index contributed by atoms with van der Waals surface area (Å²) in [5.41, 5.74) is 0.488. The second kappa shape index (κ2) is 5.14. The Morgan fingerprint density at radius 3 is 2.65 bits per heavy atom. The summed E-state index contributed by atoms with van der Waals surface area (Å²) in [6, 6.07) is 1.46. The van der Waals surface area contributed by atoms with Crippen LogP contribution >= 0.6 is 27.3 Å². The molecular weight excluding hydrogens is 372 g/mol. The molecule has 0 saturated carbocycles. The Hall–Kier alpha value is -1.46. The summed E-state index contributed by atoms with van der Waals surface area (Å²) in [5, 5.41) is 16.2. The maximum Gasteiger partial charge on any atom is 0.346 e. The first-order valence-electron chi connectivity index (χ1n) is 5.14. The van der Waals surface area contributed by atoms with Gasteiger partial charge in [0.25, 0.3) is 10.0 Å². The van der Waals surface area contributed by atoms with E-state index in [0.29, 0.717) is 5.56 Å². The van der Waals surface area contributed by atoms with E-state index in [9.17, 15) is 13.2 Å². The molecule has 20 heavy (non-hydrogen) atoms. The topological polar surface area (TPSA) is 114 Å². The molecule has 0 bridgehead atoms. The fourth-order valence-corrected chi connectivity index (χ4v) is 4.83. The highest BCUT2D eigenvalue weighted by molar-refractivity contribution is 9.10. The smallest absolute Gasteiger partial charge is 0.346 e. The van der Waals surface area contributed by atoms with Crippen LogP contribution in [-0.4, -0.2) is 34.5 Å². The molecule has 2 rings (SSSR count). The number of thiophene rings is 1. The standard InChI is InChI=1S/C9H9BrN4O4S2/c1-4-3-5(19-6(4)9(15)16)12-20(17,18)8-7(10)11-13-14(8)2/h3,12H,1-2H3,(H,15,16). The van der Waals surface area contributed by atoms with Crippen molar-refractivity contribution in [2.24, 2.45) is 7.05 Å². The van der Waals surface area contributed by atoms with Gasteiger partial charge in [-0.1, -0.05) is 5.21 Å². The van der Waals surface area contributed by atoms with Crippen LogP contribution in [0.5, 0.6) is 0 Å². The van der Waals surface area contributed by atoms with Gasteiger partial charge in [0.05, 0.1) is 0 Å². The van der Waals surface area contributed by atoms with Crippen LogP contribution in [0, 0.1) is 6.92 Å². The van der Waals surface area contributed by atoms with Crippen LogP contribution in [0.4, 0.5) is 5.00 Å². The number of carboxylic acids is 1. The van der Waals surface area contributed by atoms with Crippen LogP contribution < -0.4 is 4.72 Å². The average Bonchev–Trinajstić information content (AvgIpc) is 2.82. The summed E-state index contributed by atoms with van der Waals surface area (Å²) in [6.45, 7) is 1.60. The number of sulfonamides is 1. The van der Waals surface area contributed by atoms with Gasteiger partial charge in [-0.15, -0.1) is 16.4 Å². The van der Waals surface area contributed by atoms with Gasteiger partial charge in [-0.05, 0) is 34.5 Å². The number of nitrogens with zero attached hydrogens (tertiary/aromatic N) is 3. The van der Waals surface area contributed by atoms with Crippen molar-refractivity contribution in [2.45, 2.75) is 11.9 Å². The first kappa shape index (κ1) is 14.9. The number of aromatic nitrogens is 3. The molecule has 108 valence electrons. The van der Waals surface area contributed by atoms with E-state index < -0.39 is 16.0 Å². The monoisotopic (exact) mass is 380 g/mol. The van der Waals surface area contributed by atoms with Crippen molar-refractivity contribution >= 4 is 48.3 Å². The fourth-order valence-electron chi connectivity index (χ4n) is 1.53. The number of hydrogen-bond acceptors (Lipinski definition) is 6. The van der Waals surface area contributed by atoms with Crippen LogP contribution in [0.25, 0.3) is 0 Å². The molecule has 8 nitrogen and oxygen atoms in total. The summed E-state index contributed by atoms with van der Waals surface area (Å²) >= 11 is 3.85. The lowest BCUT2D eigenvalue weighted by molar-refractivity contribution is 0.0701. The van der Waals surface area contributed by atoms with Crippen molar-refractivity contribution in [1.29, 1.82) is 0 Å². The Morgan fingerprint density at radius 2 is 2.20 bits per heavy atom. The number of aromatic carboxylic acids is 1. The van der Waals surface area contributed by atoms with Crippen molar-refractivity contribution in [3.63, 3.8) is 0 Å². The summed E-state index contributed by atoms with van der Waals surface area (Å²) < 4.78 is 27.9. The number of halogens is 1. The lowest BCUT2D eigenvalue weighted by Gasteiger charge is -2.05. The molecule has 0 aromatic carbocycles. The van der Waals surface area contributed by atoms with Crippen molar-refractivity contribution in [1.82, 2.24) is 15.0 Å². The van der Waals surface area contributed by atoms with Crippen molar-refractivity contribution in [2.75, 3.05) is 4.72 Å². The normalized spacial score (nSPS) is 11.6.